The third-order valence-corrected chi connectivity index (χ3v) is 5.25. The first-order chi connectivity index (χ1) is 8.78. The van der Waals surface area contributed by atoms with Crippen LogP contribution in [-0.4, -0.2) is 35.6 Å². The van der Waals surface area contributed by atoms with E-state index >= 15 is 0 Å². The number of hydrogen-bond acceptors (Lipinski definition) is 3. The van der Waals surface area contributed by atoms with Crippen LogP contribution in [0.2, 0.25) is 0 Å². The van der Waals surface area contributed by atoms with Crippen LogP contribution >= 0.6 is 35.0 Å². The van der Waals surface area contributed by atoms with Crippen LogP contribution in [0.4, 0.5) is 0 Å². The molecule has 3 saturated heterocycles. The fourth-order valence-corrected chi connectivity index (χ4v) is 4.64. The molecule has 0 aromatic carbocycles. The van der Waals surface area contributed by atoms with Crippen molar-refractivity contribution in [2.24, 2.45) is 17.8 Å². The zero-order chi connectivity index (χ0) is 12.1. The van der Waals surface area contributed by atoms with E-state index in [2.05, 4.69) is 38.5 Å². The van der Waals surface area contributed by atoms with Gasteiger partial charge in [0.25, 0.3) is 0 Å². The van der Waals surface area contributed by atoms with Gasteiger partial charge in [-0.05, 0) is 47.4 Å². The van der Waals surface area contributed by atoms with Crippen molar-refractivity contribution in [1.29, 1.82) is 0 Å². The first-order valence-corrected chi connectivity index (χ1v) is 7.85. The summed E-state index contributed by atoms with van der Waals surface area (Å²) in [5.41, 5.74) is 0. The van der Waals surface area contributed by atoms with Crippen molar-refractivity contribution in [1.82, 2.24) is 9.88 Å². The summed E-state index contributed by atoms with van der Waals surface area (Å²) in [4.78, 5) is 6.86. The maximum absolute atomic E-state index is 6.28. The molecule has 5 rings (SSSR count). The van der Waals surface area contributed by atoms with Crippen LogP contribution in [0.1, 0.15) is 12.8 Å². The molecule has 0 amide bonds. The monoisotopic (exact) mass is 392 g/mol. The Kier molecular flexibility index (Phi) is 3.93. The highest BCUT2D eigenvalue weighted by atomic mass is 127. The van der Waals surface area contributed by atoms with Crippen molar-refractivity contribution < 1.29 is 4.74 Å². The van der Waals surface area contributed by atoms with Crippen LogP contribution in [0.25, 0.3) is 0 Å². The largest absolute Gasteiger partial charge is 0.488 e. The van der Waals surface area contributed by atoms with E-state index in [9.17, 15) is 0 Å². The second kappa shape index (κ2) is 5.37. The van der Waals surface area contributed by atoms with Gasteiger partial charge in [0.1, 0.15) is 11.9 Å². The summed E-state index contributed by atoms with van der Waals surface area (Å²) in [6, 6.07) is 2.10. The molecule has 19 heavy (non-hydrogen) atoms. The lowest BCUT2D eigenvalue weighted by molar-refractivity contribution is -0.0985. The summed E-state index contributed by atoms with van der Waals surface area (Å²) in [5.74, 6) is 3.38. The molecule has 1 saturated carbocycles. The van der Waals surface area contributed by atoms with Gasteiger partial charge in [-0.25, -0.2) is 0 Å². The zero-order valence-electron chi connectivity index (χ0n) is 10.7. The number of halogens is 2. The van der Waals surface area contributed by atoms with Crippen LogP contribution in [0.3, 0.4) is 0 Å². The minimum absolute atomic E-state index is 0. The minimum Gasteiger partial charge on any atom is -0.488 e. The van der Waals surface area contributed by atoms with Gasteiger partial charge in [-0.3, -0.25) is 4.98 Å². The topological polar surface area (TPSA) is 25.4 Å². The number of hydrogen-bond donors (Lipinski definition) is 0. The molecular formula is C14H18ClIN2O. The Morgan fingerprint density at radius 3 is 2.53 bits per heavy atom. The van der Waals surface area contributed by atoms with Gasteiger partial charge < -0.3 is 9.64 Å². The van der Waals surface area contributed by atoms with Crippen molar-refractivity contribution in [2.45, 2.75) is 18.9 Å². The molecule has 4 fully saturated rings. The Bertz CT molecular complexity index is 443. The highest BCUT2D eigenvalue weighted by Crippen LogP contribution is 2.44. The van der Waals surface area contributed by atoms with Crippen LogP contribution in [0.15, 0.2) is 18.5 Å². The lowest BCUT2D eigenvalue weighted by Crippen LogP contribution is -2.61. The highest BCUT2D eigenvalue weighted by molar-refractivity contribution is 14.1. The SMILES string of the molecule is Cl.Ic1cncc(OC2[C@H]3CC4C[C@H]2CN(C4)C3)c1. The average molecular weight is 393 g/mol. The second-order valence-electron chi connectivity index (χ2n) is 6.00. The van der Waals surface area contributed by atoms with E-state index in [1.165, 1.54) is 32.5 Å². The normalized spacial score (nSPS) is 38.9. The summed E-state index contributed by atoms with van der Waals surface area (Å²) in [6.45, 7) is 3.83. The standard InChI is InChI=1S/C14H17IN2O.ClH/c15-12-3-13(5-16-4-12)18-14-10-1-9-2-11(14)8-17(6-9)7-10;/h3-5,9-11,14H,1-2,6-8H2;1H/t9?,10-,11-,14?;/m0./s1. The van der Waals surface area contributed by atoms with E-state index in [1.54, 1.807) is 0 Å². The fourth-order valence-electron chi connectivity index (χ4n) is 4.17. The molecule has 4 heterocycles. The van der Waals surface area contributed by atoms with Gasteiger partial charge in [0.05, 0.1) is 6.20 Å². The molecule has 4 bridgehead atoms. The summed E-state index contributed by atoms with van der Waals surface area (Å²) < 4.78 is 7.43. The van der Waals surface area contributed by atoms with Gasteiger partial charge in [0.15, 0.2) is 0 Å². The molecule has 0 radical (unpaired) electrons. The van der Waals surface area contributed by atoms with Crippen LogP contribution in [-0.2, 0) is 0 Å². The van der Waals surface area contributed by atoms with Crippen molar-refractivity contribution >= 4 is 35.0 Å². The molecule has 1 aromatic rings. The van der Waals surface area contributed by atoms with E-state index < -0.39 is 0 Å². The molecule has 0 N–H and O–H groups in total. The summed E-state index contributed by atoms with van der Waals surface area (Å²) in [7, 11) is 0. The van der Waals surface area contributed by atoms with Crippen LogP contribution in [0.5, 0.6) is 5.75 Å². The van der Waals surface area contributed by atoms with Crippen molar-refractivity contribution in [3.05, 3.63) is 22.0 Å². The van der Waals surface area contributed by atoms with Crippen molar-refractivity contribution in [3.63, 3.8) is 0 Å². The van der Waals surface area contributed by atoms with Gasteiger partial charge in [0, 0.05) is 41.2 Å². The molecule has 2 atom stereocenters. The maximum Gasteiger partial charge on any atom is 0.139 e. The highest BCUT2D eigenvalue weighted by Gasteiger charge is 2.48. The van der Waals surface area contributed by atoms with Crippen molar-refractivity contribution in [3.8, 4) is 5.75 Å². The predicted octanol–water partition coefficient (Wildman–Crippen LogP) is 2.83. The number of ether oxygens (including phenoxy) is 1. The molecule has 4 aliphatic rings. The zero-order valence-corrected chi connectivity index (χ0v) is 13.6. The Hall–Kier alpha value is -0.0700. The van der Waals surface area contributed by atoms with E-state index in [4.69, 9.17) is 4.74 Å². The fraction of sp³-hybridized carbons (Fsp3) is 0.643. The van der Waals surface area contributed by atoms with Crippen LogP contribution < -0.4 is 4.74 Å². The van der Waals surface area contributed by atoms with Gasteiger partial charge in [0.2, 0.25) is 0 Å². The number of rotatable bonds is 2. The van der Waals surface area contributed by atoms with E-state index in [0.717, 1.165) is 27.1 Å². The molecule has 0 spiro atoms. The third kappa shape index (κ3) is 2.59. The predicted molar refractivity (Wildman–Crippen MR) is 84.8 cm³/mol. The van der Waals surface area contributed by atoms with E-state index in [-0.39, 0.29) is 12.4 Å². The van der Waals surface area contributed by atoms with Gasteiger partial charge in [-0.2, -0.15) is 0 Å². The Morgan fingerprint density at radius 1 is 1.16 bits per heavy atom. The number of piperidine rings is 3. The van der Waals surface area contributed by atoms with Gasteiger partial charge in [-0.15, -0.1) is 12.4 Å². The second-order valence-corrected chi connectivity index (χ2v) is 7.24. The van der Waals surface area contributed by atoms with Gasteiger partial charge >= 0.3 is 0 Å². The number of pyridine rings is 1. The Labute approximate surface area is 133 Å². The average Bonchev–Trinajstić information content (AvgIpc) is 2.33. The van der Waals surface area contributed by atoms with E-state index in [1.807, 2.05) is 12.4 Å². The number of nitrogens with zero attached hydrogens (tertiary/aromatic N) is 2. The smallest absolute Gasteiger partial charge is 0.139 e. The van der Waals surface area contributed by atoms with Crippen molar-refractivity contribution in [2.75, 3.05) is 19.6 Å². The lowest BCUT2D eigenvalue weighted by atomic mass is 9.66. The first-order valence-electron chi connectivity index (χ1n) is 6.77. The molecule has 0 unspecified atom stereocenters. The molecule has 1 aromatic heterocycles. The maximum atomic E-state index is 6.28. The summed E-state index contributed by atoms with van der Waals surface area (Å²) in [5, 5.41) is 0. The summed E-state index contributed by atoms with van der Waals surface area (Å²) in [6.07, 6.45) is 6.89. The molecule has 1 aliphatic carbocycles. The summed E-state index contributed by atoms with van der Waals surface area (Å²) >= 11 is 2.29. The minimum atomic E-state index is 0. The molecular weight excluding hydrogens is 375 g/mol. The Balaban J connectivity index is 0.00000110. The first kappa shape index (κ1) is 13.9. The molecule has 104 valence electrons. The van der Waals surface area contributed by atoms with E-state index in [0.29, 0.717) is 6.10 Å². The van der Waals surface area contributed by atoms with Crippen LogP contribution in [0, 0.1) is 21.3 Å². The quantitative estimate of drug-likeness (QED) is 0.724. The number of aromatic nitrogens is 1. The Morgan fingerprint density at radius 2 is 1.89 bits per heavy atom. The third-order valence-electron chi connectivity index (χ3n) is 4.66. The molecule has 3 aliphatic heterocycles. The molecule has 5 heteroatoms. The molecule has 3 nitrogen and oxygen atoms in total. The lowest BCUT2D eigenvalue weighted by Gasteiger charge is -2.55. The van der Waals surface area contributed by atoms with Gasteiger partial charge in [-0.1, -0.05) is 0 Å².